The van der Waals surface area contributed by atoms with Crippen LogP contribution in [0.25, 0.3) is 0 Å². The van der Waals surface area contributed by atoms with Crippen molar-refractivity contribution in [3.8, 4) is 0 Å². The number of hydrogen-bond acceptors (Lipinski definition) is 3. The minimum Gasteiger partial charge on any atom is -0.396 e. The van der Waals surface area contributed by atoms with Gasteiger partial charge < -0.3 is 15.7 Å². The zero-order valence-electron chi connectivity index (χ0n) is 11.4. The van der Waals surface area contributed by atoms with Crippen molar-refractivity contribution in [3.63, 3.8) is 0 Å². The summed E-state index contributed by atoms with van der Waals surface area (Å²) >= 11 is 0. The van der Waals surface area contributed by atoms with Crippen LogP contribution in [-0.4, -0.2) is 32.4 Å². The van der Waals surface area contributed by atoms with Gasteiger partial charge in [0.05, 0.1) is 0 Å². The summed E-state index contributed by atoms with van der Waals surface area (Å²) in [5.74, 6) is 0.285. The molecule has 1 aromatic rings. The molecular formula is C15H24N2O. The summed E-state index contributed by atoms with van der Waals surface area (Å²) in [6, 6.07) is 8.56. The number of nitrogens with two attached hydrogens (primary N) is 1. The van der Waals surface area contributed by atoms with Crippen molar-refractivity contribution >= 4 is 5.69 Å². The zero-order valence-corrected chi connectivity index (χ0v) is 11.4. The van der Waals surface area contributed by atoms with Crippen molar-refractivity contribution in [2.24, 2.45) is 11.1 Å². The molecule has 1 saturated carbocycles. The highest BCUT2D eigenvalue weighted by molar-refractivity contribution is 5.47. The molecule has 0 saturated heterocycles. The largest absolute Gasteiger partial charge is 0.396 e. The van der Waals surface area contributed by atoms with Gasteiger partial charge in [-0.3, -0.25) is 0 Å². The third-order valence-electron chi connectivity index (χ3n) is 4.45. The number of anilines is 1. The summed E-state index contributed by atoms with van der Waals surface area (Å²) in [5, 5.41) is 9.68. The monoisotopic (exact) mass is 248 g/mol. The molecule has 0 aromatic heterocycles. The van der Waals surface area contributed by atoms with Crippen molar-refractivity contribution in [1.82, 2.24) is 0 Å². The van der Waals surface area contributed by atoms with Gasteiger partial charge in [-0.2, -0.15) is 0 Å². The second-order valence-electron chi connectivity index (χ2n) is 5.65. The Balaban J connectivity index is 2.22. The summed E-state index contributed by atoms with van der Waals surface area (Å²) in [5.41, 5.74) is 8.44. The van der Waals surface area contributed by atoms with Crippen LogP contribution < -0.4 is 10.6 Å². The van der Waals surface area contributed by atoms with Crippen molar-refractivity contribution in [3.05, 3.63) is 29.8 Å². The number of aliphatic hydroxyl groups is 1. The zero-order chi connectivity index (χ0) is 13.2. The molecule has 1 fully saturated rings. The van der Waals surface area contributed by atoms with E-state index in [9.17, 15) is 5.11 Å². The molecule has 3 N–H and O–H groups in total. The lowest BCUT2D eigenvalue weighted by Crippen LogP contribution is -2.42. The molecule has 18 heavy (non-hydrogen) atoms. The Bertz CT molecular complexity index is 376. The fourth-order valence-corrected chi connectivity index (χ4v) is 2.99. The Labute approximate surface area is 110 Å². The number of rotatable bonds is 5. The summed E-state index contributed by atoms with van der Waals surface area (Å²) in [6.45, 7) is 0.867. The molecule has 100 valence electrons. The Hall–Kier alpha value is -1.06. The van der Waals surface area contributed by atoms with Crippen LogP contribution in [0, 0.1) is 5.41 Å². The van der Waals surface area contributed by atoms with Crippen LogP contribution in [0.5, 0.6) is 0 Å². The minimum atomic E-state index is 0.0361. The Morgan fingerprint density at radius 2 is 1.89 bits per heavy atom. The predicted molar refractivity (Wildman–Crippen MR) is 75.9 cm³/mol. The molecule has 2 rings (SSSR count). The van der Waals surface area contributed by atoms with Crippen LogP contribution in [0.15, 0.2) is 24.3 Å². The van der Waals surface area contributed by atoms with E-state index in [-0.39, 0.29) is 17.9 Å². The van der Waals surface area contributed by atoms with Crippen molar-refractivity contribution in [2.75, 3.05) is 32.1 Å². The molecule has 0 bridgehead atoms. The highest BCUT2D eigenvalue weighted by Gasteiger charge is 2.43. The molecular weight excluding hydrogens is 224 g/mol. The summed E-state index contributed by atoms with van der Waals surface area (Å²) < 4.78 is 0. The first-order valence-electron chi connectivity index (χ1n) is 6.71. The molecule has 0 amide bonds. The first-order valence-corrected chi connectivity index (χ1v) is 6.71. The van der Waals surface area contributed by atoms with Crippen LogP contribution in [0.2, 0.25) is 0 Å². The van der Waals surface area contributed by atoms with Crippen molar-refractivity contribution < 1.29 is 5.11 Å². The Morgan fingerprint density at radius 1 is 1.28 bits per heavy atom. The molecule has 0 unspecified atom stereocenters. The smallest absolute Gasteiger partial charge is 0.0493 e. The van der Waals surface area contributed by atoms with Crippen LogP contribution in [0.1, 0.15) is 30.7 Å². The van der Waals surface area contributed by atoms with Crippen LogP contribution >= 0.6 is 0 Å². The van der Waals surface area contributed by atoms with E-state index in [0.29, 0.717) is 6.54 Å². The summed E-state index contributed by atoms with van der Waals surface area (Å²) in [7, 11) is 4.08. The second-order valence-corrected chi connectivity index (χ2v) is 5.65. The van der Waals surface area contributed by atoms with Gasteiger partial charge in [0.25, 0.3) is 0 Å². The normalized spacial score (nSPS) is 19.1. The lowest BCUT2D eigenvalue weighted by Gasteiger charge is -2.46. The van der Waals surface area contributed by atoms with Crippen LogP contribution in [0.4, 0.5) is 5.69 Å². The maximum absolute atomic E-state index is 9.68. The lowest BCUT2D eigenvalue weighted by atomic mass is 9.60. The van der Waals surface area contributed by atoms with Gasteiger partial charge >= 0.3 is 0 Å². The van der Waals surface area contributed by atoms with Gasteiger partial charge in [-0.15, -0.1) is 0 Å². The van der Waals surface area contributed by atoms with E-state index >= 15 is 0 Å². The highest BCUT2D eigenvalue weighted by Crippen LogP contribution is 2.50. The molecule has 1 atom stereocenters. The maximum atomic E-state index is 9.68. The third-order valence-corrected chi connectivity index (χ3v) is 4.45. The van der Waals surface area contributed by atoms with Crippen LogP contribution in [-0.2, 0) is 0 Å². The molecule has 1 aromatic carbocycles. The van der Waals surface area contributed by atoms with E-state index in [1.54, 1.807) is 0 Å². The van der Waals surface area contributed by atoms with E-state index < -0.39 is 0 Å². The Morgan fingerprint density at radius 3 is 2.22 bits per heavy atom. The minimum absolute atomic E-state index is 0.0361. The van der Waals surface area contributed by atoms with Gasteiger partial charge in [-0.05, 0) is 37.1 Å². The van der Waals surface area contributed by atoms with Gasteiger partial charge in [-0.1, -0.05) is 18.6 Å². The molecule has 3 heteroatoms. The average Bonchev–Trinajstić information content (AvgIpc) is 2.34. The summed E-state index contributed by atoms with van der Waals surface area (Å²) in [6.07, 6.45) is 3.41. The number of aliphatic hydroxyl groups excluding tert-OH is 1. The highest BCUT2D eigenvalue weighted by atomic mass is 16.3. The number of hydrogen-bond donors (Lipinski definition) is 2. The molecule has 0 aliphatic heterocycles. The van der Waals surface area contributed by atoms with Gasteiger partial charge in [0.15, 0.2) is 0 Å². The standard InChI is InChI=1S/C15H24N2O/c1-17(2)13-6-4-12(5-7-13)14(10-16)15(11-18)8-3-9-15/h4-7,14,18H,3,8-11,16H2,1-2H3/t14-/m1/s1. The van der Waals surface area contributed by atoms with E-state index in [0.717, 1.165) is 12.8 Å². The second kappa shape index (κ2) is 5.29. The number of benzene rings is 1. The van der Waals surface area contributed by atoms with Gasteiger partial charge in [-0.25, -0.2) is 0 Å². The van der Waals surface area contributed by atoms with Gasteiger partial charge in [0.2, 0.25) is 0 Å². The lowest BCUT2D eigenvalue weighted by molar-refractivity contribution is 0.0192. The van der Waals surface area contributed by atoms with Crippen molar-refractivity contribution in [1.29, 1.82) is 0 Å². The molecule has 0 radical (unpaired) electrons. The first-order chi connectivity index (χ1) is 8.63. The SMILES string of the molecule is CN(C)c1ccc([C@@H](CN)C2(CO)CCC2)cc1. The number of nitrogens with zero attached hydrogens (tertiary/aromatic N) is 1. The molecule has 1 aliphatic rings. The Kier molecular flexibility index (Phi) is 3.93. The molecule has 3 nitrogen and oxygen atoms in total. The van der Waals surface area contributed by atoms with Gasteiger partial charge in [0, 0.05) is 37.7 Å². The maximum Gasteiger partial charge on any atom is 0.0493 e. The first kappa shape index (κ1) is 13.4. The molecule has 1 aliphatic carbocycles. The van der Waals surface area contributed by atoms with E-state index in [1.807, 2.05) is 14.1 Å². The fraction of sp³-hybridized carbons (Fsp3) is 0.600. The third kappa shape index (κ3) is 2.25. The predicted octanol–water partition coefficient (Wildman–Crippen LogP) is 1.96. The van der Waals surface area contributed by atoms with Crippen LogP contribution in [0.3, 0.4) is 0 Å². The van der Waals surface area contributed by atoms with Crippen molar-refractivity contribution in [2.45, 2.75) is 25.2 Å². The quantitative estimate of drug-likeness (QED) is 0.837. The summed E-state index contributed by atoms with van der Waals surface area (Å²) in [4.78, 5) is 2.09. The fourth-order valence-electron chi connectivity index (χ4n) is 2.99. The van der Waals surface area contributed by atoms with Gasteiger partial charge in [0.1, 0.15) is 0 Å². The van der Waals surface area contributed by atoms with E-state index in [1.165, 1.54) is 17.7 Å². The molecule has 0 heterocycles. The molecule has 0 spiro atoms. The average molecular weight is 248 g/mol. The topological polar surface area (TPSA) is 49.5 Å². The van der Waals surface area contributed by atoms with E-state index in [2.05, 4.69) is 29.2 Å². The van der Waals surface area contributed by atoms with E-state index in [4.69, 9.17) is 5.73 Å².